The summed E-state index contributed by atoms with van der Waals surface area (Å²) < 4.78 is 2.24. The first-order valence-corrected chi connectivity index (χ1v) is 10.6. The second kappa shape index (κ2) is 7.72. The summed E-state index contributed by atoms with van der Waals surface area (Å²) >= 11 is 1.77. The predicted molar refractivity (Wildman–Crippen MR) is 119 cm³/mol. The largest absolute Gasteiger partial charge is 0.285 e. The van der Waals surface area contributed by atoms with Crippen molar-refractivity contribution in [3.05, 3.63) is 81.0 Å². The van der Waals surface area contributed by atoms with Gasteiger partial charge in [0, 0.05) is 28.3 Å². The Morgan fingerprint density at radius 3 is 2.63 bits per heavy atom. The highest BCUT2D eigenvalue weighted by atomic mass is 32.1. The summed E-state index contributed by atoms with van der Waals surface area (Å²) in [5.74, 6) is 0. The van der Waals surface area contributed by atoms with Crippen LogP contribution in [0.4, 0.5) is 11.4 Å². The first-order chi connectivity index (χ1) is 14.7. The lowest BCUT2D eigenvalue weighted by molar-refractivity contribution is -0.384. The van der Waals surface area contributed by atoms with Crippen LogP contribution in [0.5, 0.6) is 0 Å². The molecule has 1 aliphatic rings. The fourth-order valence-corrected chi connectivity index (χ4v) is 5.03. The van der Waals surface area contributed by atoms with Gasteiger partial charge in [0.2, 0.25) is 0 Å². The number of nitro benzene ring substituents is 1. The van der Waals surface area contributed by atoms with Gasteiger partial charge in [0.1, 0.15) is 0 Å². The van der Waals surface area contributed by atoms with Crippen molar-refractivity contribution in [2.45, 2.75) is 25.7 Å². The van der Waals surface area contributed by atoms with Crippen LogP contribution in [0.1, 0.15) is 29.1 Å². The predicted octanol–water partition coefficient (Wildman–Crippen LogP) is 5.30. The summed E-state index contributed by atoms with van der Waals surface area (Å²) in [5.41, 5.74) is 7.96. The summed E-state index contributed by atoms with van der Waals surface area (Å²) in [5, 5.41) is 15.2. The third kappa shape index (κ3) is 3.35. The van der Waals surface area contributed by atoms with Crippen LogP contribution in [-0.4, -0.2) is 20.5 Å². The monoisotopic (exact) mass is 417 g/mol. The minimum atomic E-state index is -0.415. The Hall–Kier alpha value is -3.52. The molecule has 0 amide bonds. The van der Waals surface area contributed by atoms with Crippen molar-refractivity contribution in [3.8, 4) is 11.3 Å². The van der Waals surface area contributed by atoms with E-state index in [0.717, 1.165) is 34.8 Å². The Morgan fingerprint density at radius 2 is 1.87 bits per heavy atom. The lowest BCUT2D eigenvalue weighted by Gasteiger charge is -2.11. The van der Waals surface area contributed by atoms with E-state index in [1.807, 2.05) is 18.2 Å². The number of non-ortho nitro benzene ring substituents is 1. The zero-order chi connectivity index (χ0) is 20.5. The van der Waals surface area contributed by atoms with Gasteiger partial charge in [0.05, 0.1) is 28.2 Å². The van der Waals surface area contributed by atoms with Gasteiger partial charge < -0.3 is 0 Å². The highest BCUT2D eigenvalue weighted by Crippen LogP contribution is 2.34. The number of fused-ring (bicyclic) bond motifs is 3. The maximum Gasteiger partial charge on any atom is 0.269 e. The van der Waals surface area contributed by atoms with E-state index >= 15 is 0 Å². The first-order valence-electron chi connectivity index (χ1n) is 9.82. The van der Waals surface area contributed by atoms with Crippen LogP contribution in [0.3, 0.4) is 0 Å². The zero-order valence-electron chi connectivity index (χ0n) is 16.1. The highest BCUT2D eigenvalue weighted by Gasteiger charge is 2.22. The topological polar surface area (TPSA) is 84.8 Å². The Balaban J connectivity index is 1.53. The summed E-state index contributed by atoms with van der Waals surface area (Å²) in [4.78, 5) is 17.8. The average molecular weight is 417 g/mol. The van der Waals surface area contributed by atoms with Gasteiger partial charge in [-0.3, -0.25) is 19.9 Å². The van der Waals surface area contributed by atoms with Crippen molar-refractivity contribution < 1.29 is 4.92 Å². The molecular formula is C22H19N5O2S. The van der Waals surface area contributed by atoms with Crippen molar-refractivity contribution in [2.24, 2.45) is 5.10 Å². The molecule has 0 saturated carbocycles. The van der Waals surface area contributed by atoms with Gasteiger partial charge >= 0.3 is 0 Å². The van der Waals surface area contributed by atoms with Gasteiger partial charge in [-0.05, 0) is 37.8 Å². The number of benzene rings is 2. The number of hydrazone groups is 1. The van der Waals surface area contributed by atoms with E-state index in [2.05, 4.69) is 27.1 Å². The molecule has 0 bridgehead atoms. The molecule has 8 heteroatoms. The number of anilines is 1. The Bertz CT molecular complexity index is 1240. The standard InChI is InChI=1S/C22H19N5O2S/c28-27(29)17-12-10-16(11-13-17)25-23-14-19-21(15-6-2-1-3-7-15)24-22-26(19)18-8-4-5-9-20(18)30-22/h1-3,6-7,10-14,25H,4-5,8-9H2/b23-14-. The van der Waals surface area contributed by atoms with E-state index in [0.29, 0.717) is 5.69 Å². The molecule has 1 aliphatic carbocycles. The average Bonchev–Trinajstić information content (AvgIpc) is 3.31. The second-order valence-electron chi connectivity index (χ2n) is 7.18. The zero-order valence-corrected chi connectivity index (χ0v) is 16.9. The third-order valence-corrected chi connectivity index (χ3v) is 6.40. The number of rotatable bonds is 5. The fraction of sp³-hybridized carbons (Fsp3) is 0.182. The fourth-order valence-electron chi connectivity index (χ4n) is 3.81. The number of hydrogen-bond acceptors (Lipinski definition) is 6. The Labute approximate surface area is 176 Å². The van der Waals surface area contributed by atoms with Crippen molar-refractivity contribution >= 4 is 33.9 Å². The van der Waals surface area contributed by atoms with Crippen molar-refractivity contribution in [1.29, 1.82) is 0 Å². The van der Waals surface area contributed by atoms with Crippen LogP contribution in [0.15, 0.2) is 59.7 Å². The van der Waals surface area contributed by atoms with E-state index in [1.165, 1.54) is 35.5 Å². The molecule has 1 N–H and O–H groups in total. The second-order valence-corrected chi connectivity index (χ2v) is 8.24. The van der Waals surface area contributed by atoms with Crippen LogP contribution < -0.4 is 5.43 Å². The number of aryl methyl sites for hydroxylation is 2. The maximum absolute atomic E-state index is 10.8. The van der Waals surface area contributed by atoms with Crippen LogP contribution >= 0.6 is 11.3 Å². The third-order valence-electron chi connectivity index (χ3n) is 5.26. The number of imidazole rings is 1. The van der Waals surface area contributed by atoms with Crippen LogP contribution in [0, 0.1) is 10.1 Å². The van der Waals surface area contributed by atoms with Gasteiger partial charge in [0.15, 0.2) is 4.96 Å². The van der Waals surface area contributed by atoms with Gasteiger partial charge in [-0.1, -0.05) is 30.3 Å². The summed E-state index contributed by atoms with van der Waals surface area (Å²) in [6.45, 7) is 0. The molecule has 0 atom stereocenters. The van der Waals surface area contributed by atoms with E-state index < -0.39 is 4.92 Å². The molecule has 150 valence electrons. The van der Waals surface area contributed by atoms with E-state index in [-0.39, 0.29) is 5.69 Å². The molecule has 0 spiro atoms. The van der Waals surface area contributed by atoms with Crippen molar-refractivity contribution in [2.75, 3.05) is 5.43 Å². The molecule has 7 nitrogen and oxygen atoms in total. The lowest BCUT2D eigenvalue weighted by atomic mass is 10.0. The van der Waals surface area contributed by atoms with Gasteiger partial charge in [0.25, 0.3) is 5.69 Å². The molecule has 0 unspecified atom stereocenters. The molecule has 2 aromatic carbocycles. The van der Waals surface area contributed by atoms with Crippen molar-refractivity contribution in [3.63, 3.8) is 0 Å². The molecular weight excluding hydrogens is 398 g/mol. The first kappa shape index (κ1) is 18.5. The summed E-state index contributed by atoms with van der Waals surface area (Å²) in [7, 11) is 0. The SMILES string of the molecule is O=[N+]([O-])c1ccc(N/N=C\c2c(-c3ccccc3)nc3sc4c(n23)CCCC4)cc1. The van der Waals surface area contributed by atoms with Gasteiger partial charge in [-0.15, -0.1) is 11.3 Å². The molecule has 4 aromatic rings. The number of hydrogen-bond donors (Lipinski definition) is 1. The molecule has 0 radical (unpaired) electrons. The van der Waals surface area contributed by atoms with Crippen molar-refractivity contribution in [1.82, 2.24) is 9.38 Å². The number of nitro groups is 1. The summed E-state index contributed by atoms with van der Waals surface area (Å²) in [6, 6.07) is 16.3. The number of nitrogens with zero attached hydrogens (tertiary/aromatic N) is 4. The highest BCUT2D eigenvalue weighted by molar-refractivity contribution is 7.17. The molecule has 0 saturated heterocycles. The molecule has 5 rings (SSSR count). The number of aromatic nitrogens is 2. The lowest BCUT2D eigenvalue weighted by Crippen LogP contribution is -2.05. The molecule has 0 aliphatic heterocycles. The molecule has 30 heavy (non-hydrogen) atoms. The molecule has 2 heterocycles. The van der Waals surface area contributed by atoms with E-state index in [9.17, 15) is 10.1 Å². The van der Waals surface area contributed by atoms with E-state index in [1.54, 1.807) is 29.7 Å². The molecule has 2 aromatic heterocycles. The van der Waals surface area contributed by atoms with Crippen LogP contribution in [0.25, 0.3) is 16.2 Å². The normalized spacial score (nSPS) is 13.6. The smallest absolute Gasteiger partial charge is 0.269 e. The van der Waals surface area contributed by atoms with Gasteiger partial charge in [-0.25, -0.2) is 4.98 Å². The van der Waals surface area contributed by atoms with E-state index in [4.69, 9.17) is 4.98 Å². The maximum atomic E-state index is 10.8. The van der Waals surface area contributed by atoms with Crippen LogP contribution in [-0.2, 0) is 12.8 Å². The van der Waals surface area contributed by atoms with Crippen LogP contribution in [0.2, 0.25) is 0 Å². The Kier molecular flexibility index (Phi) is 4.76. The van der Waals surface area contributed by atoms with Gasteiger partial charge in [-0.2, -0.15) is 5.10 Å². The minimum Gasteiger partial charge on any atom is -0.285 e. The number of thiazole rings is 1. The minimum absolute atomic E-state index is 0.0540. The number of nitrogens with one attached hydrogen (secondary N) is 1. The Morgan fingerprint density at radius 1 is 1.10 bits per heavy atom. The molecule has 0 fully saturated rings. The summed E-state index contributed by atoms with van der Waals surface area (Å²) in [6.07, 6.45) is 6.38. The quantitative estimate of drug-likeness (QED) is 0.271.